The normalized spacial score (nSPS) is 20.4. The summed E-state index contributed by atoms with van der Waals surface area (Å²) in [6.45, 7) is 2.79. The van der Waals surface area contributed by atoms with Gasteiger partial charge in [0.1, 0.15) is 6.29 Å². The summed E-state index contributed by atoms with van der Waals surface area (Å²) in [6, 6.07) is -0.203. The van der Waals surface area contributed by atoms with E-state index < -0.39 is 18.1 Å². The van der Waals surface area contributed by atoms with Gasteiger partial charge in [0.15, 0.2) is 0 Å². The maximum absolute atomic E-state index is 12.5. The van der Waals surface area contributed by atoms with Crippen molar-refractivity contribution >= 4 is 6.29 Å². The van der Waals surface area contributed by atoms with Crippen LogP contribution in [0.15, 0.2) is 0 Å². The number of hydrogen-bond acceptors (Lipinski definition) is 2. The summed E-state index contributed by atoms with van der Waals surface area (Å²) in [5, 5.41) is 0. The molecule has 1 aliphatic rings. The lowest BCUT2D eigenvalue weighted by Crippen LogP contribution is -2.47. The molecule has 0 spiro atoms. The number of halogens is 3. The molecular weight excluding hydrogens is 243 g/mol. The van der Waals surface area contributed by atoms with Crippen molar-refractivity contribution in [2.45, 2.75) is 58.2 Å². The summed E-state index contributed by atoms with van der Waals surface area (Å²) in [5.41, 5.74) is -0.562. The first-order chi connectivity index (χ1) is 8.28. The summed E-state index contributed by atoms with van der Waals surface area (Å²) in [4.78, 5) is 12.7. The summed E-state index contributed by atoms with van der Waals surface area (Å²) >= 11 is 0. The predicted molar refractivity (Wildman–Crippen MR) is 64.3 cm³/mol. The Balaban J connectivity index is 2.71. The lowest BCUT2D eigenvalue weighted by Gasteiger charge is -2.39. The third-order valence-electron chi connectivity index (χ3n) is 3.73. The highest BCUT2D eigenvalue weighted by Crippen LogP contribution is 2.36. The maximum atomic E-state index is 12.5. The Morgan fingerprint density at radius 3 is 2.17 bits per heavy atom. The Kier molecular flexibility index (Phi) is 5.20. The minimum Gasteiger partial charge on any atom is -0.303 e. The van der Waals surface area contributed by atoms with Crippen molar-refractivity contribution in [1.29, 1.82) is 0 Å². The number of hydrogen-bond donors (Lipinski definition) is 0. The van der Waals surface area contributed by atoms with Crippen molar-refractivity contribution in [3.8, 4) is 0 Å². The quantitative estimate of drug-likeness (QED) is 0.710. The molecule has 0 aliphatic heterocycles. The second-order valence-electron chi connectivity index (χ2n) is 5.65. The Labute approximate surface area is 107 Å². The average Bonchev–Trinajstić information content (AvgIpc) is 2.27. The fourth-order valence-electron chi connectivity index (χ4n) is 2.62. The van der Waals surface area contributed by atoms with E-state index in [4.69, 9.17) is 0 Å². The first-order valence-corrected chi connectivity index (χ1v) is 6.55. The number of rotatable bonds is 5. The van der Waals surface area contributed by atoms with Crippen LogP contribution in [-0.2, 0) is 4.79 Å². The molecule has 0 unspecified atom stereocenters. The fourth-order valence-corrected chi connectivity index (χ4v) is 2.62. The highest BCUT2D eigenvalue weighted by Gasteiger charge is 2.38. The number of carbonyl (C=O) groups is 1. The lowest BCUT2D eigenvalue weighted by molar-refractivity contribution is -0.155. The summed E-state index contributed by atoms with van der Waals surface area (Å²) in [7, 11) is 0. The molecule has 0 radical (unpaired) electrons. The van der Waals surface area contributed by atoms with E-state index >= 15 is 0 Å². The van der Waals surface area contributed by atoms with Gasteiger partial charge in [-0.05, 0) is 26.7 Å². The van der Waals surface area contributed by atoms with Crippen LogP contribution in [0.2, 0.25) is 0 Å². The molecule has 1 rings (SSSR count). The van der Waals surface area contributed by atoms with Gasteiger partial charge < -0.3 is 4.79 Å². The average molecular weight is 265 g/mol. The van der Waals surface area contributed by atoms with Gasteiger partial charge in [-0.15, -0.1) is 0 Å². The number of nitrogens with zero attached hydrogens (tertiary/aromatic N) is 1. The first-order valence-electron chi connectivity index (χ1n) is 6.55. The van der Waals surface area contributed by atoms with E-state index in [9.17, 15) is 18.0 Å². The van der Waals surface area contributed by atoms with Crippen molar-refractivity contribution in [1.82, 2.24) is 4.90 Å². The van der Waals surface area contributed by atoms with Crippen LogP contribution in [0.25, 0.3) is 0 Å². The molecular formula is C13H22F3NO. The Morgan fingerprint density at radius 1 is 1.22 bits per heavy atom. The molecule has 0 amide bonds. The zero-order valence-electron chi connectivity index (χ0n) is 11.1. The summed E-state index contributed by atoms with van der Waals surface area (Å²) < 4.78 is 37.6. The van der Waals surface area contributed by atoms with Gasteiger partial charge in [-0.1, -0.05) is 19.3 Å². The van der Waals surface area contributed by atoms with E-state index in [0.717, 1.165) is 38.4 Å². The van der Waals surface area contributed by atoms with Crippen LogP contribution in [0.4, 0.5) is 13.2 Å². The van der Waals surface area contributed by atoms with Crippen molar-refractivity contribution in [3.05, 3.63) is 0 Å². The second kappa shape index (κ2) is 6.04. The Hall–Kier alpha value is -0.580. The molecule has 5 heteroatoms. The van der Waals surface area contributed by atoms with E-state index in [1.807, 2.05) is 0 Å². The molecule has 1 aliphatic carbocycles. The van der Waals surface area contributed by atoms with Crippen LogP contribution in [0.5, 0.6) is 0 Å². The molecule has 0 N–H and O–H groups in total. The lowest BCUT2D eigenvalue weighted by atomic mass is 9.74. The van der Waals surface area contributed by atoms with Crippen LogP contribution >= 0.6 is 0 Å². The molecule has 1 fully saturated rings. The van der Waals surface area contributed by atoms with Crippen molar-refractivity contribution < 1.29 is 18.0 Å². The van der Waals surface area contributed by atoms with Crippen LogP contribution in [0, 0.1) is 5.41 Å². The molecule has 0 aromatic rings. The van der Waals surface area contributed by atoms with Gasteiger partial charge in [0, 0.05) is 18.0 Å². The molecule has 0 aromatic heterocycles. The van der Waals surface area contributed by atoms with Gasteiger partial charge in [0.25, 0.3) is 0 Å². The van der Waals surface area contributed by atoms with Gasteiger partial charge in [-0.3, -0.25) is 4.90 Å². The van der Waals surface area contributed by atoms with E-state index in [2.05, 4.69) is 0 Å². The van der Waals surface area contributed by atoms with Gasteiger partial charge in [-0.25, -0.2) is 0 Å². The number of carbonyl (C=O) groups excluding carboxylic acids is 1. The van der Waals surface area contributed by atoms with Gasteiger partial charge in [0.05, 0.1) is 6.54 Å². The molecule has 0 saturated heterocycles. The van der Waals surface area contributed by atoms with E-state index in [1.54, 1.807) is 13.8 Å². The molecule has 0 atom stereocenters. The summed E-state index contributed by atoms with van der Waals surface area (Å²) in [6.07, 6.45) is 1.08. The van der Waals surface area contributed by atoms with Crippen molar-refractivity contribution in [2.24, 2.45) is 5.41 Å². The first kappa shape index (κ1) is 15.5. The number of aldehydes is 1. The van der Waals surface area contributed by atoms with E-state index in [0.29, 0.717) is 0 Å². The summed E-state index contributed by atoms with van der Waals surface area (Å²) in [5.74, 6) is 0. The zero-order chi connectivity index (χ0) is 13.8. The van der Waals surface area contributed by atoms with Crippen molar-refractivity contribution in [2.75, 3.05) is 13.1 Å². The molecule has 2 nitrogen and oxygen atoms in total. The molecule has 106 valence electrons. The monoisotopic (exact) mass is 265 g/mol. The van der Waals surface area contributed by atoms with Crippen LogP contribution in [0.3, 0.4) is 0 Å². The van der Waals surface area contributed by atoms with Gasteiger partial charge in [-0.2, -0.15) is 13.2 Å². The molecule has 0 heterocycles. The molecule has 0 bridgehead atoms. The third kappa shape index (κ3) is 4.59. The highest BCUT2D eigenvalue weighted by molar-refractivity contribution is 5.60. The minimum absolute atomic E-state index is 0.203. The van der Waals surface area contributed by atoms with Crippen LogP contribution in [0.1, 0.15) is 46.0 Å². The molecule has 0 aromatic carbocycles. The topological polar surface area (TPSA) is 20.3 Å². The third-order valence-corrected chi connectivity index (χ3v) is 3.73. The molecule has 18 heavy (non-hydrogen) atoms. The standard InChI is InChI=1S/C13H22F3NO/c1-11(2)17(9-13(14,15)16)8-12(10-18)6-4-3-5-7-12/h10-11H,3-9H2,1-2H3. The fraction of sp³-hybridized carbons (Fsp3) is 0.923. The SMILES string of the molecule is CC(C)N(CC(F)(F)F)CC1(C=O)CCCCC1. The second-order valence-corrected chi connectivity index (χ2v) is 5.65. The minimum atomic E-state index is -4.21. The Bertz CT molecular complexity index is 270. The smallest absolute Gasteiger partial charge is 0.303 e. The zero-order valence-corrected chi connectivity index (χ0v) is 11.1. The van der Waals surface area contributed by atoms with Gasteiger partial charge >= 0.3 is 6.18 Å². The molecule has 1 saturated carbocycles. The van der Waals surface area contributed by atoms with Crippen LogP contribution < -0.4 is 0 Å². The van der Waals surface area contributed by atoms with Gasteiger partial charge in [0.2, 0.25) is 0 Å². The van der Waals surface area contributed by atoms with E-state index in [-0.39, 0.29) is 12.6 Å². The Morgan fingerprint density at radius 2 is 1.78 bits per heavy atom. The number of alkyl halides is 3. The largest absolute Gasteiger partial charge is 0.401 e. The maximum Gasteiger partial charge on any atom is 0.401 e. The van der Waals surface area contributed by atoms with E-state index in [1.165, 1.54) is 4.90 Å². The highest BCUT2D eigenvalue weighted by atomic mass is 19.4. The van der Waals surface area contributed by atoms with Crippen LogP contribution in [-0.4, -0.2) is 36.5 Å². The van der Waals surface area contributed by atoms with Crippen molar-refractivity contribution in [3.63, 3.8) is 0 Å². The predicted octanol–water partition coefficient (Wildman–Crippen LogP) is 3.41.